The van der Waals surface area contributed by atoms with Crippen molar-refractivity contribution in [3.05, 3.63) is 36.7 Å². The highest BCUT2D eigenvalue weighted by Crippen LogP contribution is 2.21. The third-order valence-corrected chi connectivity index (χ3v) is 3.93. The van der Waals surface area contributed by atoms with Gasteiger partial charge in [0.05, 0.1) is 0 Å². The van der Waals surface area contributed by atoms with Gasteiger partial charge in [0, 0.05) is 36.3 Å². The number of aromatic nitrogens is 1. The lowest BCUT2D eigenvalue weighted by Crippen LogP contribution is -2.29. The molecule has 4 N–H and O–H groups in total. The molecule has 1 unspecified atom stereocenters. The minimum atomic E-state index is -3.26. The average molecular weight is 252 g/mol. The monoisotopic (exact) mass is 252 g/mol. The van der Waals surface area contributed by atoms with Crippen molar-refractivity contribution >= 4 is 20.8 Å². The Morgan fingerprint density at radius 1 is 1.41 bits per heavy atom. The van der Waals surface area contributed by atoms with Gasteiger partial charge in [-0.05, 0) is 12.1 Å². The summed E-state index contributed by atoms with van der Waals surface area (Å²) < 4.78 is 24.6. The summed E-state index contributed by atoms with van der Waals surface area (Å²) in [5.74, 6) is 0. The maximum Gasteiger partial charge on any atom is 0.373 e. The SMILES string of the molecule is NCCNS(=O)(=[OH+])c1cccc2cnccc12. The molecule has 0 aliphatic heterocycles. The Hall–Kier alpha value is -1.50. The van der Waals surface area contributed by atoms with E-state index in [4.69, 9.17) is 5.73 Å². The van der Waals surface area contributed by atoms with Crippen LogP contribution >= 0.6 is 0 Å². The molecule has 5 nitrogen and oxygen atoms in total. The Kier molecular flexibility index (Phi) is 3.37. The van der Waals surface area contributed by atoms with Crippen molar-refractivity contribution < 1.29 is 8.42 Å². The molecule has 0 fully saturated rings. The van der Waals surface area contributed by atoms with Crippen LogP contribution in [0.25, 0.3) is 10.8 Å². The zero-order chi connectivity index (χ0) is 12.3. The highest BCUT2D eigenvalue weighted by Gasteiger charge is 2.21. The maximum absolute atomic E-state index is 12.1. The van der Waals surface area contributed by atoms with E-state index < -0.39 is 10.0 Å². The fraction of sp³-hybridized carbons (Fsp3) is 0.182. The molecule has 0 amide bonds. The van der Waals surface area contributed by atoms with Crippen molar-refractivity contribution in [2.24, 2.45) is 5.73 Å². The standard InChI is InChI=1S/C11H13N3O2S/c12-5-7-14-17(15,16)11-3-1-2-9-8-13-6-4-10(9)11/h1-4,6,8H,5,7,12H2,(H,14,15,16)/p+1. The van der Waals surface area contributed by atoms with Gasteiger partial charge in [0.15, 0.2) is 0 Å². The zero-order valence-corrected chi connectivity index (χ0v) is 9.98. The van der Waals surface area contributed by atoms with Crippen LogP contribution in [0.2, 0.25) is 0 Å². The van der Waals surface area contributed by atoms with Crippen LogP contribution in [0, 0.1) is 0 Å². The summed E-state index contributed by atoms with van der Waals surface area (Å²) in [4.78, 5) is 4.35. The Labute approximate surface area is 99.7 Å². The normalized spacial score (nSPS) is 14.6. The van der Waals surface area contributed by atoms with E-state index >= 15 is 0 Å². The van der Waals surface area contributed by atoms with Crippen LogP contribution < -0.4 is 10.5 Å². The highest BCUT2D eigenvalue weighted by molar-refractivity contribution is 7.89. The van der Waals surface area contributed by atoms with Crippen molar-refractivity contribution in [1.82, 2.24) is 9.71 Å². The molecule has 0 spiro atoms. The number of benzene rings is 1. The summed E-state index contributed by atoms with van der Waals surface area (Å²) in [6.45, 7) is 0.598. The first-order valence-corrected chi connectivity index (χ1v) is 6.71. The van der Waals surface area contributed by atoms with Gasteiger partial charge in [-0.25, -0.2) is 4.21 Å². The first kappa shape index (κ1) is 12.0. The Balaban J connectivity index is 2.55. The third-order valence-electron chi connectivity index (χ3n) is 2.38. The minimum Gasteiger partial charge on any atom is -0.329 e. The molecule has 2 aromatic rings. The van der Waals surface area contributed by atoms with Crippen LogP contribution in [0.15, 0.2) is 41.6 Å². The smallest absolute Gasteiger partial charge is 0.329 e. The molecular weight excluding hydrogens is 238 g/mol. The van der Waals surface area contributed by atoms with Gasteiger partial charge < -0.3 is 5.73 Å². The van der Waals surface area contributed by atoms with Gasteiger partial charge in [0.2, 0.25) is 0 Å². The Morgan fingerprint density at radius 3 is 3.00 bits per heavy atom. The molecule has 0 saturated carbocycles. The molecule has 17 heavy (non-hydrogen) atoms. The van der Waals surface area contributed by atoms with E-state index in [9.17, 15) is 8.42 Å². The van der Waals surface area contributed by atoms with Crippen LogP contribution in [-0.2, 0) is 10.0 Å². The fourth-order valence-electron chi connectivity index (χ4n) is 1.61. The molecule has 6 heteroatoms. The Bertz CT molecular complexity index is 620. The predicted octanol–water partition coefficient (Wildman–Crippen LogP) is 0.629. The second kappa shape index (κ2) is 4.79. The Morgan fingerprint density at radius 2 is 2.24 bits per heavy atom. The second-order valence-corrected chi connectivity index (χ2v) is 5.34. The highest BCUT2D eigenvalue weighted by atomic mass is 32.2. The molecule has 2 rings (SSSR count). The fourth-order valence-corrected chi connectivity index (χ4v) is 2.91. The molecule has 90 valence electrons. The van der Waals surface area contributed by atoms with Crippen molar-refractivity contribution in [2.75, 3.05) is 13.1 Å². The second-order valence-electron chi connectivity index (χ2n) is 3.56. The molecule has 0 saturated heterocycles. The van der Waals surface area contributed by atoms with Crippen molar-refractivity contribution in [2.45, 2.75) is 4.90 Å². The summed E-state index contributed by atoms with van der Waals surface area (Å²) in [6, 6.07) is 6.95. The van der Waals surface area contributed by atoms with Gasteiger partial charge in [-0.15, -0.1) is 0 Å². The van der Waals surface area contributed by atoms with Gasteiger partial charge in [0.25, 0.3) is 0 Å². The number of pyridine rings is 1. The maximum atomic E-state index is 12.1. The van der Waals surface area contributed by atoms with Crippen LogP contribution in [0.3, 0.4) is 0 Å². The van der Waals surface area contributed by atoms with Crippen LogP contribution in [0.1, 0.15) is 0 Å². The van der Waals surface area contributed by atoms with Gasteiger partial charge in [-0.3, -0.25) is 4.98 Å². The van der Waals surface area contributed by atoms with Gasteiger partial charge >= 0.3 is 10.0 Å². The van der Waals surface area contributed by atoms with Gasteiger partial charge in [-0.2, -0.15) is 8.93 Å². The molecule has 1 atom stereocenters. The van der Waals surface area contributed by atoms with Crippen LogP contribution in [-0.4, -0.2) is 26.5 Å². The largest absolute Gasteiger partial charge is 0.373 e. The summed E-state index contributed by atoms with van der Waals surface area (Å²) in [5.41, 5.74) is 5.32. The molecule has 1 heterocycles. The van der Waals surface area contributed by atoms with E-state index in [1.807, 2.05) is 6.07 Å². The summed E-state index contributed by atoms with van der Waals surface area (Å²) in [5, 5.41) is 1.56. The summed E-state index contributed by atoms with van der Waals surface area (Å²) in [7, 11) is -3.26. The van der Waals surface area contributed by atoms with Gasteiger partial charge in [0.1, 0.15) is 4.90 Å². The number of nitrogens with zero attached hydrogens (tertiary/aromatic N) is 1. The molecular formula is C11H14N3O2S+. The first-order valence-electron chi connectivity index (χ1n) is 5.19. The molecule has 1 aromatic heterocycles. The third kappa shape index (κ3) is 2.44. The molecule has 0 bridgehead atoms. The van der Waals surface area contributed by atoms with Crippen LogP contribution in [0.4, 0.5) is 0 Å². The lowest BCUT2D eigenvalue weighted by Gasteiger charge is -2.04. The number of rotatable bonds is 4. The van der Waals surface area contributed by atoms with E-state index in [0.29, 0.717) is 11.4 Å². The average Bonchev–Trinajstić information content (AvgIpc) is 2.36. The quantitative estimate of drug-likeness (QED) is 0.782. The molecule has 1 aromatic carbocycles. The van der Waals surface area contributed by atoms with Gasteiger partial charge in [-0.1, -0.05) is 12.1 Å². The number of nitrogens with two attached hydrogens (primary N) is 1. The van der Waals surface area contributed by atoms with Crippen LogP contribution in [0.5, 0.6) is 0 Å². The lowest BCUT2D eigenvalue weighted by molar-refractivity contribution is 0.601. The van der Waals surface area contributed by atoms with E-state index in [0.717, 1.165) is 10.8 Å². The van der Waals surface area contributed by atoms with Crippen molar-refractivity contribution in [3.63, 3.8) is 0 Å². The first-order chi connectivity index (χ1) is 8.15. The lowest BCUT2D eigenvalue weighted by atomic mass is 10.2. The van der Waals surface area contributed by atoms with E-state index in [1.54, 1.807) is 30.6 Å². The van der Waals surface area contributed by atoms with Crippen molar-refractivity contribution in [1.29, 1.82) is 0 Å². The van der Waals surface area contributed by atoms with Crippen molar-refractivity contribution in [3.8, 4) is 0 Å². The number of hydrogen-bond acceptors (Lipinski definition) is 3. The number of nitrogens with one attached hydrogen (secondary N) is 1. The molecule has 0 aliphatic rings. The van der Waals surface area contributed by atoms with E-state index in [2.05, 4.69) is 9.71 Å². The summed E-state index contributed by atoms with van der Waals surface area (Å²) in [6.07, 6.45) is 3.27. The predicted molar refractivity (Wildman–Crippen MR) is 67.1 cm³/mol. The minimum absolute atomic E-state index is 0.288. The molecule has 0 radical (unpaired) electrons. The molecule has 0 aliphatic carbocycles. The summed E-state index contributed by atoms with van der Waals surface area (Å²) >= 11 is 0. The topological polar surface area (TPSA) is 89.4 Å². The zero-order valence-electron chi connectivity index (χ0n) is 9.17. The van der Waals surface area contributed by atoms with E-state index in [1.165, 1.54) is 0 Å². The number of fused-ring (bicyclic) bond motifs is 1. The number of hydrogen-bond donors (Lipinski definition) is 2. The van der Waals surface area contributed by atoms with E-state index in [-0.39, 0.29) is 6.54 Å².